The first kappa shape index (κ1) is 12.4. The van der Waals surface area contributed by atoms with E-state index < -0.39 is 9.05 Å². The molecule has 4 nitrogen and oxygen atoms in total. The number of rotatable bonds is 4. The van der Waals surface area contributed by atoms with Crippen LogP contribution in [-0.4, -0.2) is 19.9 Å². The highest BCUT2D eigenvalue weighted by atomic mass is 32.9. The van der Waals surface area contributed by atoms with Crippen LogP contribution in [0.15, 0.2) is 24.3 Å². The minimum atomic E-state index is -3.97. The third-order valence-corrected chi connectivity index (χ3v) is 3.58. The van der Waals surface area contributed by atoms with Crippen LogP contribution < -0.4 is 4.74 Å². The van der Waals surface area contributed by atoms with E-state index in [1.54, 1.807) is 24.3 Å². The standard InChI is InChI=1S/C9H12O4S2/c1-2-13-9-5-3-4-8(6-9)7-14-15(10,11)12/h3-6H,2,7H2,1H3,(H-,10,11,12). The Hall–Kier alpha value is -0.690. The lowest BCUT2D eigenvalue weighted by Crippen LogP contribution is -1.98. The molecule has 0 fully saturated rings. The van der Waals surface area contributed by atoms with Gasteiger partial charge in [-0.2, -0.15) is 4.21 Å². The molecular weight excluding hydrogens is 236 g/mol. The largest absolute Gasteiger partial charge is 0.712 e. The molecule has 1 rings (SSSR count). The molecule has 84 valence electrons. The Morgan fingerprint density at radius 3 is 2.93 bits per heavy atom. The van der Waals surface area contributed by atoms with Crippen LogP contribution in [0.3, 0.4) is 0 Å². The quantitative estimate of drug-likeness (QED) is 0.819. The lowest BCUT2D eigenvalue weighted by Gasteiger charge is -2.02. The van der Waals surface area contributed by atoms with Crippen LogP contribution in [0.2, 0.25) is 0 Å². The van der Waals surface area contributed by atoms with E-state index in [-0.39, 0.29) is 5.75 Å². The molecule has 15 heavy (non-hydrogen) atoms. The maximum Gasteiger partial charge on any atom is 0.257 e. The number of ether oxygens (including phenoxy) is 1. The van der Waals surface area contributed by atoms with Gasteiger partial charge >= 0.3 is 0 Å². The van der Waals surface area contributed by atoms with Crippen molar-refractivity contribution >= 4 is 19.4 Å². The molecule has 0 aliphatic rings. The van der Waals surface area contributed by atoms with Gasteiger partial charge in [-0.15, -0.1) is 0 Å². The first-order valence-corrected chi connectivity index (χ1v) is 7.29. The minimum absolute atomic E-state index is 0.208. The van der Waals surface area contributed by atoms with E-state index >= 15 is 0 Å². The Morgan fingerprint density at radius 1 is 1.60 bits per heavy atom. The summed E-state index contributed by atoms with van der Waals surface area (Å²) in [6.07, 6.45) is 0. The first-order valence-electron chi connectivity index (χ1n) is 4.35. The van der Waals surface area contributed by atoms with Crippen LogP contribution in [-0.2, 0) is 25.1 Å². The van der Waals surface area contributed by atoms with Gasteiger partial charge in [-0.3, -0.25) is 4.55 Å². The molecule has 1 aromatic carbocycles. The van der Waals surface area contributed by atoms with Crippen molar-refractivity contribution in [3.63, 3.8) is 0 Å². The van der Waals surface area contributed by atoms with E-state index in [2.05, 4.69) is 0 Å². The molecule has 1 N–H and O–H groups in total. The average Bonchev–Trinajstić information content (AvgIpc) is 2.15. The molecule has 0 aliphatic heterocycles. The van der Waals surface area contributed by atoms with Crippen molar-refractivity contribution in [2.45, 2.75) is 12.7 Å². The van der Waals surface area contributed by atoms with Crippen molar-refractivity contribution in [3.05, 3.63) is 29.8 Å². The summed E-state index contributed by atoms with van der Waals surface area (Å²) in [4.78, 5) is 0. The predicted molar refractivity (Wildman–Crippen MR) is 60.2 cm³/mol. The molecule has 1 unspecified atom stereocenters. The van der Waals surface area contributed by atoms with E-state index in [1.165, 1.54) is 0 Å². The highest BCUT2D eigenvalue weighted by molar-refractivity contribution is 8.33. The Balaban J connectivity index is 2.78. The summed E-state index contributed by atoms with van der Waals surface area (Å²) >= 11 is 0. The van der Waals surface area contributed by atoms with E-state index in [1.807, 2.05) is 6.92 Å². The van der Waals surface area contributed by atoms with Crippen LogP contribution in [0.25, 0.3) is 0 Å². The predicted octanol–water partition coefficient (Wildman–Crippen LogP) is 1.47. The second-order valence-electron chi connectivity index (χ2n) is 2.77. The molecule has 0 bridgehead atoms. The van der Waals surface area contributed by atoms with Gasteiger partial charge in [-0.05, 0) is 19.1 Å². The zero-order valence-corrected chi connectivity index (χ0v) is 9.85. The van der Waals surface area contributed by atoms with Crippen LogP contribution in [0.4, 0.5) is 0 Å². The Morgan fingerprint density at radius 2 is 2.33 bits per heavy atom. The van der Waals surface area contributed by atoms with Gasteiger partial charge in [0, 0.05) is 5.56 Å². The van der Waals surface area contributed by atoms with E-state index in [0.29, 0.717) is 22.7 Å². The second-order valence-corrected chi connectivity index (χ2v) is 6.12. The topological polar surface area (TPSA) is 69.6 Å². The molecule has 0 saturated heterocycles. The number of hydrogen-bond acceptors (Lipinski definition) is 3. The monoisotopic (exact) mass is 248 g/mol. The van der Waals surface area contributed by atoms with Crippen LogP contribution in [0, 0.1) is 0 Å². The van der Waals surface area contributed by atoms with E-state index in [4.69, 9.17) is 9.29 Å². The van der Waals surface area contributed by atoms with Crippen molar-refractivity contribution in [2.75, 3.05) is 6.61 Å². The Bertz CT molecular complexity index is 427. The molecule has 0 aromatic heterocycles. The second kappa shape index (κ2) is 5.41. The van der Waals surface area contributed by atoms with Crippen molar-refractivity contribution in [2.24, 2.45) is 0 Å². The SMILES string of the molecule is CCOc1cccc(C[S+]=S(=O)([O-])O)c1. The van der Waals surface area contributed by atoms with Crippen molar-refractivity contribution in [1.82, 2.24) is 0 Å². The average molecular weight is 248 g/mol. The van der Waals surface area contributed by atoms with E-state index in [0.717, 1.165) is 5.56 Å². The summed E-state index contributed by atoms with van der Waals surface area (Å²) in [5.74, 6) is 0.908. The maximum atomic E-state index is 10.5. The summed E-state index contributed by atoms with van der Waals surface area (Å²) in [5, 5.41) is 0. The fourth-order valence-electron chi connectivity index (χ4n) is 1.03. The number of benzene rings is 1. The summed E-state index contributed by atoms with van der Waals surface area (Å²) in [6, 6.07) is 7.11. The summed E-state index contributed by atoms with van der Waals surface area (Å²) in [7, 11) is -3.49. The third-order valence-electron chi connectivity index (χ3n) is 1.58. The number of hydrogen-bond donors (Lipinski definition) is 1. The molecule has 1 aromatic rings. The van der Waals surface area contributed by atoms with Gasteiger partial charge in [0.15, 0.2) is 0 Å². The van der Waals surface area contributed by atoms with Crippen molar-refractivity contribution < 1.29 is 18.1 Å². The molecule has 0 amide bonds. The lowest BCUT2D eigenvalue weighted by atomic mass is 10.2. The molecule has 0 spiro atoms. The molecule has 1 atom stereocenters. The van der Waals surface area contributed by atoms with Crippen LogP contribution in [0.1, 0.15) is 12.5 Å². The third kappa shape index (κ3) is 5.08. The normalized spacial score (nSPS) is 14.3. The first-order chi connectivity index (χ1) is 7.01. The van der Waals surface area contributed by atoms with Gasteiger partial charge in [0.2, 0.25) is 5.75 Å². The Labute approximate surface area is 92.6 Å². The summed E-state index contributed by atoms with van der Waals surface area (Å²) in [5.41, 5.74) is 0.795. The smallest absolute Gasteiger partial charge is 0.257 e. The molecule has 0 saturated carbocycles. The summed E-state index contributed by atoms with van der Waals surface area (Å²) < 4.78 is 34.8. The van der Waals surface area contributed by atoms with E-state index in [9.17, 15) is 8.76 Å². The fraction of sp³-hybridized carbons (Fsp3) is 0.333. The lowest BCUT2D eigenvalue weighted by molar-refractivity contribution is 0.340. The maximum absolute atomic E-state index is 10.5. The molecule has 0 aliphatic carbocycles. The van der Waals surface area contributed by atoms with Crippen molar-refractivity contribution in [1.29, 1.82) is 0 Å². The highest BCUT2D eigenvalue weighted by Crippen LogP contribution is 2.13. The highest BCUT2D eigenvalue weighted by Gasteiger charge is 2.05. The van der Waals surface area contributed by atoms with Gasteiger partial charge in [-0.25, -0.2) is 0 Å². The Kier molecular flexibility index (Phi) is 4.46. The van der Waals surface area contributed by atoms with Crippen LogP contribution >= 0.6 is 0 Å². The van der Waals surface area contributed by atoms with Gasteiger partial charge in [0.25, 0.3) is 19.4 Å². The molecule has 0 heterocycles. The van der Waals surface area contributed by atoms with Crippen LogP contribution in [0.5, 0.6) is 5.75 Å². The molecular formula is C9H12O4S2. The van der Waals surface area contributed by atoms with Gasteiger partial charge in [0.1, 0.15) is 5.75 Å². The minimum Gasteiger partial charge on any atom is -0.712 e. The zero-order valence-electron chi connectivity index (χ0n) is 8.21. The van der Waals surface area contributed by atoms with Crippen molar-refractivity contribution in [3.8, 4) is 5.75 Å². The van der Waals surface area contributed by atoms with Gasteiger partial charge in [-0.1, -0.05) is 12.1 Å². The van der Waals surface area contributed by atoms with Gasteiger partial charge in [0.05, 0.1) is 6.61 Å². The zero-order chi connectivity index (χ0) is 11.3. The summed E-state index contributed by atoms with van der Waals surface area (Å²) in [6.45, 7) is 2.44. The van der Waals surface area contributed by atoms with Gasteiger partial charge < -0.3 is 9.29 Å². The fourth-order valence-corrected chi connectivity index (χ4v) is 2.35. The molecule has 6 heteroatoms. The molecule has 0 radical (unpaired) electrons.